The van der Waals surface area contributed by atoms with Gasteiger partial charge in [0.25, 0.3) is 0 Å². The van der Waals surface area contributed by atoms with E-state index in [1.54, 1.807) is 6.92 Å². The number of halogens is 2. The second-order valence-corrected chi connectivity index (χ2v) is 4.24. The molecular formula is C13H12F2N4O2. The number of anilines is 1. The molecule has 0 radical (unpaired) electrons. The van der Waals surface area contributed by atoms with E-state index in [-0.39, 0.29) is 22.9 Å². The van der Waals surface area contributed by atoms with E-state index >= 15 is 0 Å². The second-order valence-electron chi connectivity index (χ2n) is 4.24. The lowest BCUT2D eigenvalue weighted by Gasteiger charge is -2.09. The third-order valence-corrected chi connectivity index (χ3v) is 2.76. The smallest absolute Gasteiger partial charge is 0.316 e. The molecule has 0 unspecified atom stereocenters. The Morgan fingerprint density at radius 3 is 2.62 bits per heavy atom. The van der Waals surface area contributed by atoms with Crippen LogP contribution in [0.5, 0.6) is 0 Å². The van der Waals surface area contributed by atoms with Gasteiger partial charge in [0.15, 0.2) is 5.69 Å². The monoisotopic (exact) mass is 294 g/mol. The van der Waals surface area contributed by atoms with Crippen molar-refractivity contribution in [2.24, 2.45) is 0 Å². The zero-order valence-electron chi connectivity index (χ0n) is 11.4. The van der Waals surface area contributed by atoms with E-state index in [0.29, 0.717) is 12.6 Å². The Kier molecular flexibility index (Phi) is 4.06. The Labute approximate surface area is 119 Å². The molecule has 2 rings (SSSR count). The summed E-state index contributed by atoms with van der Waals surface area (Å²) in [6.07, 6.45) is 0. The normalized spacial score (nSPS) is 10.5. The van der Waals surface area contributed by atoms with Gasteiger partial charge < -0.3 is 5.32 Å². The average Bonchev–Trinajstić information content (AvgIpc) is 2.37. The Morgan fingerprint density at radius 2 is 2.05 bits per heavy atom. The molecule has 0 atom stereocenters. The predicted octanol–water partition coefficient (Wildman–Crippen LogP) is 3.07. The van der Waals surface area contributed by atoms with Crippen LogP contribution in [-0.2, 0) is 0 Å². The molecule has 0 saturated heterocycles. The largest absolute Gasteiger partial charge is 0.354 e. The fraction of sp³-hybridized carbons (Fsp3) is 0.231. The van der Waals surface area contributed by atoms with Gasteiger partial charge in [0.1, 0.15) is 17.3 Å². The van der Waals surface area contributed by atoms with Crippen molar-refractivity contribution >= 4 is 11.6 Å². The number of aromatic nitrogens is 2. The van der Waals surface area contributed by atoms with Crippen molar-refractivity contribution in [2.75, 3.05) is 11.9 Å². The molecule has 0 aliphatic heterocycles. The first-order valence-corrected chi connectivity index (χ1v) is 6.16. The molecule has 1 heterocycles. The number of hydrogen-bond acceptors (Lipinski definition) is 5. The second kappa shape index (κ2) is 5.78. The van der Waals surface area contributed by atoms with Crippen LogP contribution in [0.1, 0.15) is 12.6 Å². The summed E-state index contributed by atoms with van der Waals surface area (Å²) in [5.41, 5.74) is -0.625. The topological polar surface area (TPSA) is 81.0 Å². The minimum absolute atomic E-state index is 0.102. The summed E-state index contributed by atoms with van der Waals surface area (Å²) in [6, 6.07) is 2.80. The van der Waals surface area contributed by atoms with Gasteiger partial charge >= 0.3 is 5.69 Å². The molecule has 0 spiro atoms. The van der Waals surface area contributed by atoms with Crippen LogP contribution in [0.15, 0.2) is 18.2 Å². The molecule has 0 fully saturated rings. The van der Waals surface area contributed by atoms with Gasteiger partial charge in [-0.15, -0.1) is 0 Å². The highest BCUT2D eigenvalue weighted by Crippen LogP contribution is 2.32. The summed E-state index contributed by atoms with van der Waals surface area (Å²) in [5.74, 6) is -1.53. The van der Waals surface area contributed by atoms with Crippen molar-refractivity contribution in [1.29, 1.82) is 0 Å². The van der Waals surface area contributed by atoms with E-state index < -0.39 is 22.2 Å². The molecule has 1 N–H and O–H groups in total. The summed E-state index contributed by atoms with van der Waals surface area (Å²) >= 11 is 0. The Balaban J connectivity index is 2.72. The zero-order chi connectivity index (χ0) is 15.6. The SMILES string of the molecule is CCNc1nc(C)c([N+](=O)[O-])c(-c2ccc(F)cc2F)n1. The van der Waals surface area contributed by atoms with Crippen molar-refractivity contribution in [3.05, 3.63) is 45.6 Å². The van der Waals surface area contributed by atoms with Gasteiger partial charge in [-0.2, -0.15) is 0 Å². The maximum Gasteiger partial charge on any atom is 0.316 e. The first kappa shape index (κ1) is 14.8. The molecule has 6 nitrogen and oxygen atoms in total. The van der Waals surface area contributed by atoms with Crippen LogP contribution in [0, 0.1) is 28.7 Å². The summed E-state index contributed by atoms with van der Waals surface area (Å²) < 4.78 is 26.9. The Hall–Kier alpha value is -2.64. The summed E-state index contributed by atoms with van der Waals surface area (Å²) in [4.78, 5) is 18.4. The molecule has 21 heavy (non-hydrogen) atoms. The lowest BCUT2D eigenvalue weighted by Crippen LogP contribution is -2.08. The molecule has 8 heteroatoms. The number of hydrogen-bond donors (Lipinski definition) is 1. The third-order valence-electron chi connectivity index (χ3n) is 2.76. The molecular weight excluding hydrogens is 282 g/mol. The highest BCUT2D eigenvalue weighted by Gasteiger charge is 2.25. The van der Waals surface area contributed by atoms with Crippen molar-refractivity contribution < 1.29 is 13.7 Å². The molecule has 0 amide bonds. The number of nitrogens with zero attached hydrogens (tertiary/aromatic N) is 3. The van der Waals surface area contributed by atoms with Gasteiger partial charge in [-0.1, -0.05) is 0 Å². The van der Waals surface area contributed by atoms with Gasteiger partial charge in [0.05, 0.1) is 4.92 Å². The van der Waals surface area contributed by atoms with Crippen LogP contribution in [0.3, 0.4) is 0 Å². The van der Waals surface area contributed by atoms with E-state index in [0.717, 1.165) is 12.1 Å². The van der Waals surface area contributed by atoms with E-state index in [9.17, 15) is 18.9 Å². The van der Waals surface area contributed by atoms with Crippen LogP contribution in [0.2, 0.25) is 0 Å². The zero-order valence-corrected chi connectivity index (χ0v) is 11.4. The van der Waals surface area contributed by atoms with Crippen LogP contribution < -0.4 is 5.32 Å². The standard InChI is InChI=1S/C13H12F2N4O2/c1-3-16-13-17-7(2)12(19(20)21)11(18-13)9-5-4-8(14)6-10(9)15/h4-6H,3H2,1-2H3,(H,16,17,18). The van der Waals surface area contributed by atoms with E-state index in [2.05, 4.69) is 15.3 Å². The third kappa shape index (κ3) is 2.93. The van der Waals surface area contributed by atoms with Gasteiger partial charge in [-0.3, -0.25) is 10.1 Å². The first-order chi connectivity index (χ1) is 9.93. The van der Waals surface area contributed by atoms with Crippen molar-refractivity contribution in [3.63, 3.8) is 0 Å². The Bertz CT molecular complexity index is 707. The quantitative estimate of drug-likeness (QED) is 0.692. The molecule has 110 valence electrons. The summed E-state index contributed by atoms with van der Waals surface area (Å²) in [6.45, 7) is 3.74. The highest BCUT2D eigenvalue weighted by molar-refractivity contribution is 5.72. The highest BCUT2D eigenvalue weighted by atomic mass is 19.1. The number of nitro groups is 1. The van der Waals surface area contributed by atoms with Crippen LogP contribution in [0.4, 0.5) is 20.4 Å². The maximum absolute atomic E-state index is 13.9. The minimum Gasteiger partial charge on any atom is -0.354 e. The average molecular weight is 294 g/mol. The first-order valence-electron chi connectivity index (χ1n) is 6.16. The van der Waals surface area contributed by atoms with E-state index in [4.69, 9.17) is 0 Å². The lowest BCUT2D eigenvalue weighted by atomic mass is 10.1. The molecule has 0 bridgehead atoms. The van der Waals surface area contributed by atoms with Crippen molar-refractivity contribution in [3.8, 4) is 11.3 Å². The number of nitrogens with one attached hydrogen (secondary N) is 1. The van der Waals surface area contributed by atoms with E-state index in [1.807, 2.05) is 0 Å². The maximum atomic E-state index is 13.9. The Morgan fingerprint density at radius 1 is 1.33 bits per heavy atom. The van der Waals surface area contributed by atoms with E-state index in [1.165, 1.54) is 6.92 Å². The van der Waals surface area contributed by atoms with Gasteiger partial charge in [0, 0.05) is 18.2 Å². The van der Waals surface area contributed by atoms with Crippen molar-refractivity contribution in [1.82, 2.24) is 9.97 Å². The van der Waals surface area contributed by atoms with Gasteiger partial charge in [0.2, 0.25) is 5.95 Å². The van der Waals surface area contributed by atoms with Gasteiger partial charge in [-0.05, 0) is 26.0 Å². The molecule has 0 saturated carbocycles. The van der Waals surface area contributed by atoms with Crippen LogP contribution >= 0.6 is 0 Å². The summed E-state index contributed by atoms with van der Waals surface area (Å²) in [7, 11) is 0. The molecule has 0 aliphatic carbocycles. The minimum atomic E-state index is -0.918. The molecule has 0 aliphatic rings. The summed E-state index contributed by atoms with van der Waals surface area (Å²) in [5, 5.41) is 14.0. The number of rotatable bonds is 4. The van der Waals surface area contributed by atoms with Crippen LogP contribution in [-0.4, -0.2) is 21.4 Å². The molecule has 2 aromatic rings. The van der Waals surface area contributed by atoms with Crippen LogP contribution in [0.25, 0.3) is 11.3 Å². The van der Waals surface area contributed by atoms with Gasteiger partial charge in [-0.25, -0.2) is 18.7 Å². The number of aryl methyl sites for hydroxylation is 1. The van der Waals surface area contributed by atoms with Crippen molar-refractivity contribution in [2.45, 2.75) is 13.8 Å². The molecule has 1 aromatic heterocycles. The lowest BCUT2D eigenvalue weighted by molar-refractivity contribution is -0.385. The predicted molar refractivity (Wildman–Crippen MR) is 72.9 cm³/mol. The fourth-order valence-corrected chi connectivity index (χ4v) is 1.89. The molecule has 1 aromatic carbocycles. The number of benzene rings is 1. The fourth-order valence-electron chi connectivity index (χ4n) is 1.89.